The number of aromatic amines is 1. The van der Waals surface area contributed by atoms with E-state index in [4.69, 9.17) is 16.3 Å². The Morgan fingerprint density at radius 2 is 1.93 bits per heavy atom. The molecule has 0 aliphatic heterocycles. The minimum absolute atomic E-state index is 0.0878. The fraction of sp³-hybridized carbons (Fsp3) is 0.286. The topological polar surface area (TPSA) is 100 Å². The number of carbonyl (C=O) groups excluding carboxylic acids is 1. The van der Waals surface area contributed by atoms with Crippen LogP contribution in [0.1, 0.15) is 18.4 Å². The van der Waals surface area contributed by atoms with Crippen molar-refractivity contribution in [1.29, 1.82) is 0 Å². The minimum Gasteiger partial charge on any atom is -0.484 e. The highest BCUT2D eigenvalue weighted by atomic mass is 35.5. The van der Waals surface area contributed by atoms with E-state index in [0.29, 0.717) is 17.2 Å². The highest BCUT2D eigenvalue weighted by molar-refractivity contribution is 7.89. The number of amides is 1. The molecule has 1 fully saturated rings. The van der Waals surface area contributed by atoms with Crippen molar-refractivity contribution in [2.45, 2.75) is 30.2 Å². The predicted octanol–water partition coefficient (Wildman–Crippen LogP) is 3.00. The molecule has 30 heavy (non-hydrogen) atoms. The molecule has 1 heterocycles. The average molecular weight is 448 g/mol. The molecule has 1 amide bonds. The van der Waals surface area contributed by atoms with E-state index in [0.717, 1.165) is 29.3 Å². The number of rotatable bonds is 9. The molecule has 0 unspecified atom stereocenters. The second-order valence-corrected chi connectivity index (χ2v) is 9.46. The standard InChI is InChI=1S/C21H22ClN3O4S/c22-15-1-8-20-19(11-15)14(12-23-20)9-10-24-30(27,28)18-6-4-17(5-7-18)29-13-21(26)25-16-2-3-16/h1,4-8,11-12,16,23-24H,2-3,9-10,13H2,(H,25,26). The van der Waals surface area contributed by atoms with E-state index < -0.39 is 10.0 Å². The molecule has 158 valence electrons. The van der Waals surface area contributed by atoms with E-state index in [1.54, 1.807) is 18.2 Å². The lowest BCUT2D eigenvalue weighted by molar-refractivity contribution is -0.123. The molecule has 7 nitrogen and oxygen atoms in total. The van der Waals surface area contributed by atoms with Gasteiger partial charge in [-0.2, -0.15) is 0 Å². The van der Waals surface area contributed by atoms with Crippen molar-refractivity contribution in [3.8, 4) is 5.75 Å². The van der Waals surface area contributed by atoms with Gasteiger partial charge in [0.2, 0.25) is 10.0 Å². The second-order valence-electron chi connectivity index (χ2n) is 7.25. The number of ether oxygens (including phenoxy) is 1. The van der Waals surface area contributed by atoms with Crippen LogP contribution in [0.4, 0.5) is 0 Å². The first kappa shape index (κ1) is 20.7. The van der Waals surface area contributed by atoms with Crippen LogP contribution in [-0.4, -0.2) is 38.5 Å². The van der Waals surface area contributed by atoms with Gasteiger partial charge in [-0.3, -0.25) is 4.79 Å². The van der Waals surface area contributed by atoms with E-state index in [-0.39, 0.29) is 30.0 Å². The van der Waals surface area contributed by atoms with Crippen molar-refractivity contribution in [3.63, 3.8) is 0 Å². The van der Waals surface area contributed by atoms with Gasteiger partial charge < -0.3 is 15.0 Å². The van der Waals surface area contributed by atoms with Crippen molar-refractivity contribution in [2.75, 3.05) is 13.2 Å². The molecule has 3 aromatic rings. The number of carbonyl (C=O) groups is 1. The zero-order valence-corrected chi connectivity index (χ0v) is 17.7. The maximum absolute atomic E-state index is 12.5. The molecule has 0 bridgehead atoms. The van der Waals surface area contributed by atoms with E-state index in [9.17, 15) is 13.2 Å². The number of fused-ring (bicyclic) bond motifs is 1. The van der Waals surface area contributed by atoms with Crippen molar-refractivity contribution in [2.24, 2.45) is 0 Å². The summed E-state index contributed by atoms with van der Waals surface area (Å²) < 4.78 is 33.1. The lowest BCUT2D eigenvalue weighted by Gasteiger charge is -2.09. The van der Waals surface area contributed by atoms with E-state index in [2.05, 4.69) is 15.0 Å². The van der Waals surface area contributed by atoms with Crippen LogP contribution in [0.15, 0.2) is 53.6 Å². The van der Waals surface area contributed by atoms with Crippen LogP contribution in [-0.2, 0) is 21.2 Å². The maximum Gasteiger partial charge on any atom is 0.258 e. The smallest absolute Gasteiger partial charge is 0.258 e. The number of hydrogen-bond acceptors (Lipinski definition) is 4. The second kappa shape index (κ2) is 8.67. The number of halogens is 1. The summed E-state index contributed by atoms with van der Waals surface area (Å²) in [7, 11) is -3.65. The van der Waals surface area contributed by atoms with Crippen LogP contribution in [0.2, 0.25) is 5.02 Å². The maximum atomic E-state index is 12.5. The van der Waals surface area contributed by atoms with Gasteiger partial charge in [0.05, 0.1) is 4.90 Å². The Kier molecular flexibility index (Phi) is 5.99. The van der Waals surface area contributed by atoms with Gasteiger partial charge in [0.25, 0.3) is 5.91 Å². The number of hydrogen-bond donors (Lipinski definition) is 3. The fourth-order valence-electron chi connectivity index (χ4n) is 3.12. The van der Waals surface area contributed by atoms with Gasteiger partial charge in [-0.15, -0.1) is 0 Å². The number of nitrogens with one attached hydrogen (secondary N) is 3. The van der Waals surface area contributed by atoms with Gasteiger partial charge in [-0.05, 0) is 67.3 Å². The Morgan fingerprint density at radius 1 is 1.17 bits per heavy atom. The third-order valence-corrected chi connectivity index (χ3v) is 6.57. The monoisotopic (exact) mass is 447 g/mol. The summed E-state index contributed by atoms with van der Waals surface area (Å²) >= 11 is 6.05. The van der Waals surface area contributed by atoms with E-state index in [1.807, 2.05) is 18.3 Å². The Balaban J connectivity index is 1.31. The highest BCUT2D eigenvalue weighted by Gasteiger charge is 2.23. The molecule has 1 aromatic heterocycles. The fourth-order valence-corrected chi connectivity index (χ4v) is 4.33. The number of H-pyrrole nitrogens is 1. The van der Waals surface area contributed by atoms with Gasteiger partial charge in [0, 0.05) is 34.7 Å². The molecule has 1 aliphatic carbocycles. The van der Waals surface area contributed by atoms with Crippen molar-refractivity contribution >= 4 is 38.4 Å². The minimum atomic E-state index is -3.65. The first-order valence-corrected chi connectivity index (χ1v) is 11.5. The van der Waals surface area contributed by atoms with Crippen LogP contribution < -0.4 is 14.8 Å². The largest absolute Gasteiger partial charge is 0.484 e. The summed E-state index contributed by atoms with van der Waals surface area (Å²) in [6.45, 7) is 0.164. The molecule has 2 aromatic carbocycles. The van der Waals surface area contributed by atoms with Crippen LogP contribution in [0.5, 0.6) is 5.75 Å². The zero-order chi connectivity index (χ0) is 21.1. The van der Waals surface area contributed by atoms with Crippen LogP contribution in [0.25, 0.3) is 10.9 Å². The van der Waals surface area contributed by atoms with Crippen molar-refractivity contribution in [1.82, 2.24) is 15.0 Å². The van der Waals surface area contributed by atoms with E-state index in [1.165, 1.54) is 12.1 Å². The molecule has 1 aliphatic rings. The summed E-state index contributed by atoms with van der Waals surface area (Å²) in [5, 5.41) is 4.45. The molecule has 0 saturated heterocycles. The third-order valence-electron chi connectivity index (χ3n) is 4.86. The lowest BCUT2D eigenvalue weighted by atomic mass is 10.1. The molecule has 1 saturated carbocycles. The van der Waals surface area contributed by atoms with Gasteiger partial charge in [0.15, 0.2) is 6.61 Å². The summed E-state index contributed by atoms with van der Waals surface area (Å²) in [6, 6.07) is 11.8. The van der Waals surface area contributed by atoms with E-state index >= 15 is 0 Å². The van der Waals surface area contributed by atoms with Gasteiger partial charge >= 0.3 is 0 Å². The first-order valence-electron chi connectivity index (χ1n) is 9.68. The average Bonchev–Trinajstić information content (AvgIpc) is 3.45. The summed E-state index contributed by atoms with van der Waals surface area (Å²) in [5.74, 6) is 0.269. The molecule has 0 atom stereocenters. The molecule has 9 heteroatoms. The highest BCUT2D eigenvalue weighted by Crippen LogP contribution is 2.23. The quantitative estimate of drug-likeness (QED) is 0.469. The Morgan fingerprint density at radius 3 is 2.67 bits per heavy atom. The molecular formula is C21H22ClN3O4S. The van der Waals surface area contributed by atoms with Gasteiger partial charge in [-0.1, -0.05) is 11.6 Å². The Hall–Kier alpha value is -2.55. The third kappa shape index (κ3) is 5.13. The Labute approximate surface area is 179 Å². The molecule has 0 spiro atoms. The summed E-state index contributed by atoms with van der Waals surface area (Å²) in [4.78, 5) is 15.0. The Bertz CT molecular complexity index is 1150. The van der Waals surface area contributed by atoms with Gasteiger partial charge in [0.1, 0.15) is 5.75 Å². The number of benzene rings is 2. The van der Waals surface area contributed by atoms with Gasteiger partial charge in [-0.25, -0.2) is 13.1 Å². The summed E-state index contributed by atoms with van der Waals surface area (Å²) in [6.07, 6.45) is 4.41. The zero-order valence-electron chi connectivity index (χ0n) is 16.2. The normalized spacial score (nSPS) is 14.0. The van der Waals surface area contributed by atoms with Crippen molar-refractivity contribution < 1.29 is 17.9 Å². The molecular weight excluding hydrogens is 426 g/mol. The SMILES string of the molecule is O=C(COc1ccc(S(=O)(=O)NCCc2c[nH]c3ccc(Cl)cc23)cc1)NC1CC1. The molecule has 0 radical (unpaired) electrons. The predicted molar refractivity (Wildman–Crippen MR) is 115 cm³/mol. The lowest BCUT2D eigenvalue weighted by Crippen LogP contribution is -2.30. The van der Waals surface area contributed by atoms with Crippen LogP contribution in [0, 0.1) is 0 Å². The molecule has 4 rings (SSSR count). The molecule has 3 N–H and O–H groups in total. The first-order chi connectivity index (χ1) is 14.4. The van der Waals surface area contributed by atoms with Crippen LogP contribution in [0.3, 0.4) is 0 Å². The number of aromatic nitrogens is 1. The summed E-state index contributed by atoms with van der Waals surface area (Å²) in [5.41, 5.74) is 1.95. The number of sulfonamides is 1. The van der Waals surface area contributed by atoms with Crippen LogP contribution >= 0.6 is 11.6 Å². The van der Waals surface area contributed by atoms with Crippen molar-refractivity contribution in [3.05, 3.63) is 59.2 Å².